The highest BCUT2D eigenvalue weighted by atomic mass is 35.5. The summed E-state index contributed by atoms with van der Waals surface area (Å²) in [5.74, 6) is -3.80. The van der Waals surface area contributed by atoms with Gasteiger partial charge in [-0.3, -0.25) is 14.4 Å². The minimum atomic E-state index is -1.53. The van der Waals surface area contributed by atoms with Crippen LogP contribution in [-0.4, -0.2) is 52.8 Å². The lowest BCUT2D eigenvalue weighted by Crippen LogP contribution is -2.48. The predicted molar refractivity (Wildman–Crippen MR) is 149 cm³/mol. The Kier molecular flexibility index (Phi) is 7.96. The summed E-state index contributed by atoms with van der Waals surface area (Å²) < 4.78 is 18.8. The zero-order valence-electron chi connectivity index (χ0n) is 21.2. The second kappa shape index (κ2) is 11.6. The Morgan fingerprint density at radius 1 is 1.02 bits per heavy atom. The number of carbonyl (C=O) groups excluding carboxylic acids is 3. The molecule has 0 saturated carbocycles. The molecule has 0 saturated heterocycles. The molecule has 210 valence electrons. The maximum atomic E-state index is 13.4. The van der Waals surface area contributed by atoms with Crippen LogP contribution in [0.3, 0.4) is 0 Å². The van der Waals surface area contributed by atoms with E-state index < -0.39 is 36.2 Å². The molecule has 3 amide bonds. The second-order valence-corrected chi connectivity index (χ2v) is 10.2. The molecule has 1 aromatic heterocycles. The van der Waals surface area contributed by atoms with Crippen LogP contribution >= 0.6 is 23.2 Å². The van der Waals surface area contributed by atoms with E-state index in [0.717, 1.165) is 11.5 Å². The number of halogens is 3. The largest absolute Gasteiger partial charge is 0.480 e. The van der Waals surface area contributed by atoms with Crippen molar-refractivity contribution in [2.45, 2.75) is 19.0 Å². The maximum absolute atomic E-state index is 13.4. The monoisotopic (exact) mass is 597 g/mol. The number of carboxylic acid groups (broad SMARTS) is 1. The molecule has 4 aromatic rings. The molecule has 3 aromatic carbocycles. The van der Waals surface area contributed by atoms with Gasteiger partial charge in [0.05, 0.1) is 21.9 Å². The maximum Gasteiger partial charge on any atom is 0.328 e. The van der Waals surface area contributed by atoms with Gasteiger partial charge in [0, 0.05) is 36.1 Å². The van der Waals surface area contributed by atoms with Crippen LogP contribution in [0.1, 0.15) is 42.2 Å². The van der Waals surface area contributed by atoms with Crippen molar-refractivity contribution < 1.29 is 33.1 Å². The SMILES string of the molecule is O=C(NC[C@H](NC(=O)c1c(Cl)cc2c(c1Cl)CCN(C(=O)c1ccc3ccoc3c1)C2)C(=O)O)c1cccc(F)c1. The van der Waals surface area contributed by atoms with Gasteiger partial charge in [0.1, 0.15) is 17.4 Å². The molecule has 9 nitrogen and oxygen atoms in total. The van der Waals surface area contributed by atoms with Gasteiger partial charge in [0.15, 0.2) is 0 Å². The van der Waals surface area contributed by atoms with Crippen LogP contribution < -0.4 is 10.6 Å². The van der Waals surface area contributed by atoms with E-state index in [1.807, 2.05) is 0 Å². The van der Waals surface area contributed by atoms with E-state index in [0.29, 0.717) is 35.2 Å². The number of rotatable bonds is 7. The highest BCUT2D eigenvalue weighted by Gasteiger charge is 2.30. The molecule has 1 aliphatic rings. The van der Waals surface area contributed by atoms with E-state index in [1.54, 1.807) is 35.4 Å². The molecule has 2 heterocycles. The number of carbonyl (C=O) groups is 4. The Labute approximate surface area is 242 Å². The number of fused-ring (bicyclic) bond motifs is 2. The van der Waals surface area contributed by atoms with Gasteiger partial charge in [0.25, 0.3) is 17.7 Å². The number of carboxylic acids is 1. The zero-order chi connectivity index (χ0) is 29.3. The van der Waals surface area contributed by atoms with Crippen molar-refractivity contribution in [3.8, 4) is 0 Å². The van der Waals surface area contributed by atoms with E-state index in [4.69, 9.17) is 27.6 Å². The van der Waals surface area contributed by atoms with Crippen molar-refractivity contribution in [1.82, 2.24) is 15.5 Å². The summed E-state index contributed by atoms with van der Waals surface area (Å²) in [7, 11) is 0. The number of hydrogen-bond acceptors (Lipinski definition) is 5. The molecule has 3 N–H and O–H groups in total. The number of furan rings is 1. The lowest BCUT2D eigenvalue weighted by Gasteiger charge is -2.30. The second-order valence-electron chi connectivity index (χ2n) is 9.42. The van der Waals surface area contributed by atoms with Crippen molar-refractivity contribution in [1.29, 1.82) is 0 Å². The molecule has 41 heavy (non-hydrogen) atoms. The van der Waals surface area contributed by atoms with Gasteiger partial charge in [0.2, 0.25) is 0 Å². The number of amides is 3. The fourth-order valence-electron chi connectivity index (χ4n) is 4.66. The van der Waals surface area contributed by atoms with Gasteiger partial charge in [-0.15, -0.1) is 0 Å². The fraction of sp³-hybridized carbons (Fsp3) is 0.172. The predicted octanol–water partition coefficient (Wildman–Crippen LogP) is 4.69. The highest BCUT2D eigenvalue weighted by molar-refractivity contribution is 6.40. The van der Waals surface area contributed by atoms with Crippen LogP contribution in [0.5, 0.6) is 0 Å². The molecule has 5 rings (SSSR count). The summed E-state index contributed by atoms with van der Waals surface area (Å²) in [5.41, 5.74) is 2.23. The highest BCUT2D eigenvalue weighted by Crippen LogP contribution is 2.35. The van der Waals surface area contributed by atoms with E-state index >= 15 is 0 Å². The third-order valence-corrected chi connectivity index (χ3v) is 7.49. The summed E-state index contributed by atoms with van der Waals surface area (Å²) in [6.45, 7) is 0.0569. The number of hydrogen-bond donors (Lipinski definition) is 3. The molecule has 0 spiro atoms. The van der Waals surface area contributed by atoms with Gasteiger partial charge in [-0.2, -0.15) is 0 Å². The van der Waals surface area contributed by atoms with Crippen molar-refractivity contribution in [2.75, 3.05) is 13.1 Å². The third kappa shape index (κ3) is 5.89. The first-order valence-corrected chi connectivity index (χ1v) is 13.2. The van der Waals surface area contributed by atoms with Gasteiger partial charge in [-0.1, -0.05) is 35.3 Å². The summed E-state index contributed by atoms with van der Waals surface area (Å²) >= 11 is 13.0. The topological polar surface area (TPSA) is 129 Å². The Morgan fingerprint density at radius 2 is 1.83 bits per heavy atom. The normalized spacial score (nSPS) is 13.4. The smallest absolute Gasteiger partial charge is 0.328 e. The molecular formula is C29H22Cl2FN3O6. The zero-order valence-corrected chi connectivity index (χ0v) is 22.8. The third-order valence-electron chi connectivity index (χ3n) is 6.78. The Bertz CT molecular complexity index is 1710. The van der Waals surface area contributed by atoms with Crippen LogP contribution in [-0.2, 0) is 17.8 Å². The molecular weight excluding hydrogens is 576 g/mol. The first-order chi connectivity index (χ1) is 19.6. The Morgan fingerprint density at radius 3 is 2.59 bits per heavy atom. The number of nitrogens with zero attached hydrogens (tertiary/aromatic N) is 1. The average molecular weight is 598 g/mol. The van der Waals surface area contributed by atoms with Crippen LogP contribution in [0, 0.1) is 5.82 Å². The van der Waals surface area contributed by atoms with Crippen LogP contribution in [0.2, 0.25) is 10.0 Å². The molecule has 1 atom stereocenters. The molecule has 0 unspecified atom stereocenters. The molecule has 0 fully saturated rings. The number of nitrogens with one attached hydrogen (secondary N) is 2. The Hall–Kier alpha value is -4.41. The van der Waals surface area contributed by atoms with Crippen LogP contribution in [0.4, 0.5) is 4.39 Å². The van der Waals surface area contributed by atoms with Crippen LogP contribution in [0.15, 0.2) is 65.3 Å². The quantitative estimate of drug-likeness (QED) is 0.283. The van der Waals surface area contributed by atoms with Gasteiger partial charge in [-0.05, 0) is 60.0 Å². The van der Waals surface area contributed by atoms with E-state index in [1.165, 1.54) is 24.3 Å². The van der Waals surface area contributed by atoms with Crippen LogP contribution in [0.25, 0.3) is 11.0 Å². The van der Waals surface area contributed by atoms with Gasteiger partial charge < -0.3 is 25.1 Å². The summed E-state index contributed by atoms with van der Waals surface area (Å²) in [5, 5.41) is 15.2. The van der Waals surface area contributed by atoms with Crippen molar-refractivity contribution in [3.05, 3.63) is 105 Å². The first kappa shape index (κ1) is 28.1. The lowest BCUT2D eigenvalue weighted by atomic mass is 9.96. The van der Waals surface area contributed by atoms with E-state index in [-0.39, 0.29) is 33.6 Å². The summed E-state index contributed by atoms with van der Waals surface area (Å²) in [6, 6.07) is 11.9. The van der Waals surface area contributed by atoms with Gasteiger partial charge >= 0.3 is 5.97 Å². The fourth-order valence-corrected chi connectivity index (χ4v) is 5.42. The molecule has 12 heteroatoms. The molecule has 0 aliphatic carbocycles. The minimum absolute atomic E-state index is 0.00437. The first-order valence-electron chi connectivity index (χ1n) is 12.5. The molecule has 0 radical (unpaired) electrons. The summed E-state index contributed by atoms with van der Waals surface area (Å²) in [6.07, 6.45) is 1.89. The minimum Gasteiger partial charge on any atom is -0.480 e. The molecule has 0 bridgehead atoms. The van der Waals surface area contributed by atoms with Gasteiger partial charge in [-0.25, -0.2) is 9.18 Å². The average Bonchev–Trinajstić information content (AvgIpc) is 3.42. The molecule has 1 aliphatic heterocycles. The van der Waals surface area contributed by atoms with Crippen molar-refractivity contribution >= 4 is 57.9 Å². The summed E-state index contributed by atoms with van der Waals surface area (Å²) in [4.78, 5) is 52.0. The van der Waals surface area contributed by atoms with E-state index in [9.17, 15) is 28.7 Å². The van der Waals surface area contributed by atoms with Crippen molar-refractivity contribution in [2.24, 2.45) is 0 Å². The lowest BCUT2D eigenvalue weighted by molar-refractivity contribution is -0.139. The number of aliphatic carboxylic acids is 1. The van der Waals surface area contributed by atoms with Crippen molar-refractivity contribution in [3.63, 3.8) is 0 Å². The van der Waals surface area contributed by atoms with E-state index in [2.05, 4.69) is 10.6 Å². The Balaban J connectivity index is 1.29. The standard InChI is InChI=1S/C29H22Cl2FN3O6/c30-21-11-18-14-35(28(38)17-5-4-15-7-9-41-23(15)12-17)8-6-20(18)25(31)24(21)27(37)34-22(29(39)40)13-33-26(36)16-2-1-3-19(32)10-16/h1-5,7,9-12,22H,6,8,13-14H2,(H,33,36)(H,34,37)(H,39,40)/t22-/m0/s1. The number of benzene rings is 3.